The molecule has 9 nitrogen and oxygen atoms in total. The number of phenols is 1. The number of hydrogen-bond acceptors (Lipinski definition) is 8. The van der Waals surface area contributed by atoms with Crippen LogP contribution >= 0.6 is 0 Å². The molecule has 2 saturated carbocycles. The van der Waals surface area contributed by atoms with Gasteiger partial charge in [-0.1, -0.05) is 62.8 Å². The molecule has 0 saturated heterocycles. The molecule has 9 heteroatoms. The molecule has 3 aliphatic carbocycles. The molecule has 0 aromatic heterocycles. The topological polar surface area (TPSA) is 121 Å². The number of benzene rings is 1. The summed E-state index contributed by atoms with van der Waals surface area (Å²) in [6.45, 7) is 7.17. The largest absolute Gasteiger partial charge is 0.508 e. The molecule has 6 unspecified atom stereocenters. The Hall–Kier alpha value is -2.88. The SMILES string of the molecule is C=CCOC12Oc3ccc(O)cc3C3C(CCCCO)C(CCCCO)C=C(C(=NOC)CC1N(CCC)C(=O)CCC1CCCC1)C32. The van der Waals surface area contributed by atoms with Crippen LogP contribution in [0.4, 0.5) is 0 Å². The third kappa shape index (κ3) is 7.63. The van der Waals surface area contributed by atoms with Crippen molar-refractivity contribution >= 4 is 11.6 Å². The summed E-state index contributed by atoms with van der Waals surface area (Å²) >= 11 is 0. The molecule has 1 aromatic carbocycles. The van der Waals surface area contributed by atoms with Crippen LogP contribution in [0.3, 0.4) is 0 Å². The van der Waals surface area contributed by atoms with Gasteiger partial charge in [-0.25, -0.2) is 0 Å². The summed E-state index contributed by atoms with van der Waals surface area (Å²) in [5.74, 6) is 0.166. The van der Waals surface area contributed by atoms with Gasteiger partial charge < -0.3 is 34.5 Å². The number of fused-ring (bicyclic) bond motifs is 2. The first-order valence-electron chi connectivity index (χ1n) is 18.5. The Morgan fingerprint density at radius 2 is 1.88 bits per heavy atom. The number of amides is 1. The van der Waals surface area contributed by atoms with E-state index < -0.39 is 11.8 Å². The van der Waals surface area contributed by atoms with Gasteiger partial charge in [0.05, 0.1) is 18.2 Å². The monoisotopic (exact) mass is 666 g/mol. The lowest BCUT2D eigenvalue weighted by molar-refractivity contribution is -0.257. The number of rotatable bonds is 18. The minimum absolute atomic E-state index is 0.119. The van der Waals surface area contributed by atoms with Gasteiger partial charge in [0.2, 0.25) is 11.7 Å². The van der Waals surface area contributed by atoms with E-state index in [1.54, 1.807) is 19.3 Å². The van der Waals surface area contributed by atoms with Crippen molar-refractivity contribution in [2.24, 2.45) is 28.8 Å². The summed E-state index contributed by atoms with van der Waals surface area (Å²) in [5.41, 5.74) is 2.74. The van der Waals surface area contributed by atoms with Crippen LogP contribution in [0.5, 0.6) is 11.5 Å². The Labute approximate surface area is 287 Å². The van der Waals surface area contributed by atoms with E-state index in [4.69, 9.17) is 14.3 Å². The standard InChI is InChI=1S/C39H58N2O7/c1-4-20-41(36(45)19-16-27-12-6-7-13-27)35-26-33(40-46-3)31-24-28(14-8-10-21-42)30(15-9-11-22-43)37-32-25-29(44)17-18-34(32)48-39(35,38(31)37)47-23-5-2/h5,17-18,24-25,27-28,30,35,37-38,42-44H,2,4,6-16,19-23,26H2,1,3H3. The maximum absolute atomic E-state index is 14.4. The number of ether oxygens (including phenoxy) is 2. The average Bonchev–Trinajstić information content (AvgIpc) is 3.61. The van der Waals surface area contributed by atoms with Crippen molar-refractivity contribution in [2.45, 2.75) is 115 Å². The number of carbonyl (C=O) groups excluding carboxylic acids is 1. The van der Waals surface area contributed by atoms with Gasteiger partial charge >= 0.3 is 0 Å². The maximum Gasteiger partial charge on any atom is 0.239 e. The van der Waals surface area contributed by atoms with E-state index in [0.29, 0.717) is 37.5 Å². The van der Waals surface area contributed by atoms with Gasteiger partial charge in [-0.3, -0.25) is 4.79 Å². The number of phenolic OH excluding ortho intramolecular Hbond substituents is 1. The summed E-state index contributed by atoms with van der Waals surface area (Å²) in [6, 6.07) is 4.85. The second-order valence-corrected chi connectivity index (χ2v) is 14.3. The van der Waals surface area contributed by atoms with Crippen molar-refractivity contribution in [3.05, 3.63) is 48.1 Å². The van der Waals surface area contributed by atoms with E-state index in [0.717, 1.165) is 61.8 Å². The van der Waals surface area contributed by atoms with Crippen molar-refractivity contribution in [2.75, 3.05) is 33.5 Å². The fourth-order valence-electron chi connectivity index (χ4n) is 9.23. The third-order valence-electron chi connectivity index (χ3n) is 11.3. The number of hydrogen-bond donors (Lipinski definition) is 3. The number of carbonyl (C=O) groups is 1. The number of unbranched alkanes of at least 4 members (excludes halogenated alkanes) is 2. The highest BCUT2D eigenvalue weighted by Crippen LogP contribution is 2.61. The Morgan fingerprint density at radius 1 is 1.12 bits per heavy atom. The molecule has 0 radical (unpaired) electrons. The summed E-state index contributed by atoms with van der Waals surface area (Å²) in [5, 5.41) is 34.8. The lowest BCUT2D eigenvalue weighted by Gasteiger charge is -2.60. The lowest BCUT2D eigenvalue weighted by atomic mass is 9.55. The van der Waals surface area contributed by atoms with Crippen LogP contribution in [0.1, 0.15) is 108 Å². The predicted molar refractivity (Wildman–Crippen MR) is 187 cm³/mol. The number of oxime groups is 1. The molecule has 5 rings (SSSR count). The number of aliphatic hydroxyl groups excluding tert-OH is 2. The first kappa shape index (κ1) is 36.4. The van der Waals surface area contributed by atoms with Gasteiger partial charge in [0.25, 0.3) is 0 Å². The van der Waals surface area contributed by atoms with Crippen LogP contribution in [-0.2, 0) is 14.4 Å². The molecular formula is C39H58N2O7. The summed E-state index contributed by atoms with van der Waals surface area (Å²) in [4.78, 5) is 21.9. The molecular weight excluding hydrogens is 608 g/mol. The normalized spacial score (nSPS) is 28.7. The van der Waals surface area contributed by atoms with Crippen molar-refractivity contribution in [3.8, 4) is 11.5 Å². The fraction of sp³-hybridized carbons (Fsp3) is 0.692. The maximum atomic E-state index is 14.4. The van der Waals surface area contributed by atoms with Crippen molar-refractivity contribution in [1.82, 2.24) is 4.90 Å². The average molecular weight is 667 g/mol. The third-order valence-corrected chi connectivity index (χ3v) is 11.3. The summed E-state index contributed by atoms with van der Waals surface area (Å²) in [7, 11) is 1.57. The Morgan fingerprint density at radius 3 is 2.56 bits per heavy atom. The Bertz CT molecular complexity index is 1290. The zero-order valence-corrected chi connectivity index (χ0v) is 29.2. The van der Waals surface area contributed by atoms with E-state index in [1.807, 2.05) is 17.0 Å². The Kier molecular flexibility index (Phi) is 13.0. The molecule has 4 aliphatic rings. The van der Waals surface area contributed by atoms with Crippen molar-refractivity contribution in [1.29, 1.82) is 0 Å². The summed E-state index contributed by atoms with van der Waals surface area (Å²) < 4.78 is 14.1. The van der Waals surface area contributed by atoms with E-state index in [9.17, 15) is 20.1 Å². The minimum atomic E-state index is -1.23. The van der Waals surface area contributed by atoms with Gasteiger partial charge in [0.15, 0.2) is 0 Å². The van der Waals surface area contributed by atoms with Crippen LogP contribution in [0.15, 0.2) is 47.7 Å². The van der Waals surface area contributed by atoms with Gasteiger partial charge in [-0.05, 0) is 80.1 Å². The molecule has 6 atom stereocenters. The van der Waals surface area contributed by atoms with E-state index in [-0.39, 0.29) is 55.1 Å². The lowest BCUT2D eigenvalue weighted by Crippen LogP contribution is -2.70. The first-order chi connectivity index (χ1) is 23.4. The van der Waals surface area contributed by atoms with Gasteiger partial charge in [-0.2, -0.15) is 0 Å². The highest BCUT2D eigenvalue weighted by molar-refractivity contribution is 6.03. The van der Waals surface area contributed by atoms with Crippen LogP contribution in [-0.4, -0.2) is 77.1 Å². The molecule has 1 amide bonds. The van der Waals surface area contributed by atoms with Gasteiger partial charge in [0, 0.05) is 44.1 Å². The van der Waals surface area contributed by atoms with Crippen LogP contribution in [0.2, 0.25) is 0 Å². The molecule has 266 valence electrons. The first-order valence-corrected chi connectivity index (χ1v) is 18.5. The van der Waals surface area contributed by atoms with Gasteiger partial charge in [0.1, 0.15) is 24.7 Å². The second-order valence-electron chi connectivity index (χ2n) is 14.3. The van der Waals surface area contributed by atoms with E-state index in [1.165, 1.54) is 25.7 Å². The van der Waals surface area contributed by atoms with Crippen LogP contribution in [0.25, 0.3) is 0 Å². The number of aromatic hydroxyl groups is 1. The van der Waals surface area contributed by atoms with Crippen LogP contribution < -0.4 is 4.74 Å². The molecule has 48 heavy (non-hydrogen) atoms. The Balaban J connectivity index is 1.68. The predicted octanol–water partition coefficient (Wildman–Crippen LogP) is 6.86. The highest BCUT2D eigenvalue weighted by atomic mass is 16.7. The quantitative estimate of drug-likeness (QED) is 0.0889. The highest BCUT2D eigenvalue weighted by Gasteiger charge is 2.65. The van der Waals surface area contributed by atoms with Crippen molar-refractivity contribution < 1.29 is 34.4 Å². The fourth-order valence-corrected chi connectivity index (χ4v) is 9.23. The zero-order valence-electron chi connectivity index (χ0n) is 29.2. The van der Waals surface area contributed by atoms with Crippen molar-refractivity contribution in [3.63, 3.8) is 0 Å². The summed E-state index contributed by atoms with van der Waals surface area (Å²) in [6.07, 6.45) is 16.5. The molecule has 1 aliphatic heterocycles. The molecule has 1 heterocycles. The minimum Gasteiger partial charge on any atom is -0.508 e. The zero-order chi connectivity index (χ0) is 34.1. The van der Waals surface area contributed by atoms with Gasteiger partial charge in [-0.15, -0.1) is 6.58 Å². The molecule has 1 aromatic rings. The second kappa shape index (κ2) is 17.2. The molecule has 0 bridgehead atoms. The number of allylic oxidation sites excluding steroid dienone is 1. The van der Waals surface area contributed by atoms with E-state index in [2.05, 4.69) is 24.7 Å². The number of nitrogens with zero attached hydrogens (tertiary/aromatic N) is 2. The molecule has 0 spiro atoms. The number of aliphatic hydroxyl groups is 2. The molecule has 2 fully saturated rings. The van der Waals surface area contributed by atoms with Crippen LogP contribution in [0, 0.1) is 23.7 Å². The molecule has 3 N–H and O–H groups in total. The van der Waals surface area contributed by atoms with E-state index >= 15 is 0 Å². The smallest absolute Gasteiger partial charge is 0.239 e.